The highest BCUT2D eigenvalue weighted by Gasteiger charge is 2.64. The van der Waals surface area contributed by atoms with E-state index in [-0.39, 0.29) is 5.41 Å². The SMILES string of the molecule is C[C@]12CCCC[C@@H]1CC[C@@H]1[C@H]2CC[C@@]2(C)[C@@H]1CC[C@@]2(O)CSc1ncc(-c2ccccc2)s1. The van der Waals surface area contributed by atoms with E-state index in [0.29, 0.717) is 11.3 Å². The first kappa shape index (κ1) is 22.6. The third-order valence-corrected chi connectivity index (χ3v) is 13.3. The van der Waals surface area contributed by atoms with E-state index >= 15 is 0 Å². The van der Waals surface area contributed by atoms with Gasteiger partial charge in [-0.3, -0.25) is 0 Å². The van der Waals surface area contributed by atoms with Crippen LogP contribution < -0.4 is 0 Å². The van der Waals surface area contributed by atoms with E-state index in [1.165, 1.54) is 68.2 Å². The highest BCUT2D eigenvalue weighted by atomic mass is 32.2. The summed E-state index contributed by atoms with van der Waals surface area (Å²) in [5, 5.41) is 12.1. The Kier molecular flexibility index (Phi) is 5.74. The van der Waals surface area contributed by atoms with Gasteiger partial charge in [0.2, 0.25) is 0 Å². The summed E-state index contributed by atoms with van der Waals surface area (Å²) in [6, 6.07) is 10.5. The molecule has 1 N–H and O–H groups in total. The van der Waals surface area contributed by atoms with E-state index in [1.54, 1.807) is 23.1 Å². The summed E-state index contributed by atoms with van der Waals surface area (Å²) in [6.07, 6.45) is 15.4. The summed E-state index contributed by atoms with van der Waals surface area (Å²) in [5.74, 6) is 4.21. The van der Waals surface area contributed by atoms with Crippen LogP contribution in [0, 0.1) is 34.5 Å². The van der Waals surface area contributed by atoms with Gasteiger partial charge in [-0.25, -0.2) is 4.98 Å². The number of nitrogens with zero attached hydrogens (tertiary/aromatic N) is 1. The lowest BCUT2D eigenvalue weighted by molar-refractivity contribution is -0.143. The van der Waals surface area contributed by atoms with Gasteiger partial charge in [-0.1, -0.05) is 68.8 Å². The van der Waals surface area contributed by atoms with Crippen LogP contribution in [0.2, 0.25) is 0 Å². The van der Waals surface area contributed by atoms with Crippen LogP contribution in [0.5, 0.6) is 0 Å². The van der Waals surface area contributed by atoms with E-state index < -0.39 is 5.60 Å². The molecule has 4 aliphatic carbocycles. The Bertz CT molecular complexity index is 991. The Balaban J connectivity index is 1.18. The lowest BCUT2D eigenvalue weighted by Crippen LogP contribution is -2.56. The van der Waals surface area contributed by atoms with Gasteiger partial charge >= 0.3 is 0 Å². The minimum Gasteiger partial charge on any atom is -0.388 e. The topological polar surface area (TPSA) is 33.1 Å². The summed E-state index contributed by atoms with van der Waals surface area (Å²) >= 11 is 3.56. The molecule has 2 nitrogen and oxygen atoms in total. The Labute approximate surface area is 208 Å². The van der Waals surface area contributed by atoms with Crippen molar-refractivity contribution in [1.82, 2.24) is 4.98 Å². The predicted octanol–water partition coefficient (Wildman–Crippen LogP) is 8.07. The first-order chi connectivity index (χ1) is 15.9. The lowest BCUT2D eigenvalue weighted by atomic mass is 9.44. The van der Waals surface area contributed by atoms with E-state index in [0.717, 1.165) is 34.3 Å². The number of aliphatic hydroxyl groups is 1. The van der Waals surface area contributed by atoms with Crippen LogP contribution in [0.15, 0.2) is 40.9 Å². The second-order valence-corrected chi connectivity index (χ2v) is 14.3. The molecule has 4 fully saturated rings. The summed E-state index contributed by atoms with van der Waals surface area (Å²) in [6.45, 7) is 5.11. The Morgan fingerprint density at radius 1 is 0.970 bits per heavy atom. The molecule has 0 spiro atoms. The Morgan fingerprint density at radius 2 is 1.79 bits per heavy atom. The summed E-state index contributed by atoms with van der Waals surface area (Å²) in [4.78, 5) is 5.92. The number of thiazole rings is 1. The van der Waals surface area contributed by atoms with Crippen molar-refractivity contribution >= 4 is 23.1 Å². The molecule has 0 aliphatic heterocycles. The molecule has 1 heterocycles. The molecule has 33 heavy (non-hydrogen) atoms. The highest BCUT2D eigenvalue weighted by molar-refractivity contribution is 8.01. The summed E-state index contributed by atoms with van der Waals surface area (Å²) in [5.41, 5.74) is 1.32. The van der Waals surface area contributed by atoms with E-state index in [1.807, 2.05) is 6.20 Å². The van der Waals surface area contributed by atoms with E-state index in [9.17, 15) is 5.11 Å². The van der Waals surface area contributed by atoms with E-state index in [2.05, 4.69) is 44.2 Å². The molecule has 0 radical (unpaired) electrons. The molecule has 0 amide bonds. The van der Waals surface area contributed by atoms with Gasteiger partial charge in [0.1, 0.15) is 4.34 Å². The largest absolute Gasteiger partial charge is 0.388 e. The van der Waals surface area contributed by atoms with Crippen LogP contribution in [0.25, 0.3) is 10.4 Å². The molecule has 0 saturated heterocycles. The average molecular weight is 482 g/mol. The van der Waals surface area contributed by atoms with Gasteiger partial charge in [-0.05, 0) is 86.0 Å². The van der Waals surface area contributed by atoms with Crippen LogP contribution >= 0.6 is 23.1 Å². The van der Waals surface area contributed by atoms with E-state index in [4.69, 9.17) is 4.98 Å². The molecule has 4 saturated carbocycles. The smallest absolute Gasteiger partial charge is 0.150 e. The van der Waals surface area contributed by atoms with Crippen molar-refractivity contribution < 1.29 is 5.11 Å². The van der Waals surface area contributed by atoms with Crippen molar-refractivity contribution in [3.05, 3.63) is 36.5 Å². The van der Waals surface area contributed by atoms with Crippen molar-refractivity contribution in [2.45, 2.75) is 88.0 Å². The zero-order chi connectivity index (χ0) is 22.7. The van der Waals surface area contributed by atoms with Gasteiger partial charge in [0.25, 0.3) is 0 Å². The fourth-order valence-electron chi connectivity index (χ4n) is 8.88. The maximum absolute atomic E-state index is 12.1. The number of hydrogen-bond acceptors (Lipinski definition) is 4. The van der Waals surface area contributed by atoms with Crippen molar-refractivity contribution in [1.29, 1.82) is 0 Å². The second kappa shape index (κ2) is 8.38. The maximum Gasteiger partial charge on any atom is 0.150 e. The maximum atomic E-state index is 12.1. The van der Waals surface area contributed by atoms with Crippen molar-refractivity contribution in [3.63, 3.8) is 0 Å². The van der Waals surface area contributed by atoms with Crippen LogP contribution in [0.4, 0.5) is 0 Å². The lowest BCUT2D eigenvalue weighted by Gasteiger charge is -2.61. The third-order valence-electron chi connectivity index (χ3n) is 10.9. The normalized spacial score (nSPS) is 42.4. The quantitative estimate of drug-likeness (QED) is 0.448. The number of hydrogen-bond donors (Lipinski definition) is 1. The highest BCUT2D eigenvalue weighted by Crippen LogP contribution is 2.68. The zero-order valence-electron chi connectivity index (χ0n) is 20.3. The first-order valence-electron chi connectivity index (χ1n) is 13.3. The number of aromatic nitrogens is 1. The predicted molar refractivity (Wildman–Crippen MR) is 140 cm³/mol. The molecular formula is C29H39NOS2. The standard InChI is InChI=1S/C29H39NOS2/c1-27-15-7-6-10-21(27)11-12-22-23(27)13-16-28(2)24(22)14-17-29(28,31)19-32-26-30-18-25(33-26)20-8-4-3-5-9-20/h3-5,8-9,18,21-24,31H,6-7,10-17,19H2,1-2H3/t21-,22-,23-,24-,27+,28+,29-/m1/s1. The molecule has 1 aromatic carbocycles. The Morgan fingerprint density at radius 3 is 2.64 bits per heavy atom. The van der Waals surface area contributed by atoms with Crippen LogP contribution in [-0.4, -0.2) is 21.4 Å². The van der Waals surface area contributed by atoms with Gasteiger partial charge in [-0.2, -0.15) is 0 Å². The minimum atomic E-state index is -0.559. The van der Waals surface area contributed by atoms with Crippen molar-refractivity contribution in [2.24, 2.45) is 34.5 Å². The molecule has 6 rings (SSSR count). The molecule has 4 heteroatoms. The van der Waals surface area contributed by atoms with Gasteiger partial charge in [0, 0.05) is 17.4 Å². The molecule has 178 valence electrons. The molecule has 0 bridgehead atoms. The number of fused-ring (bicyclic) bond motifs is 5. The first-order valence-corrected chi connectivity index (χ1v) is 15.1. The van der Waals surface area contributed by atoms with Crippen LogP contribution in [0.1, 0.15) is 78.1 Å². The summed E-state index contributed by atoms with van der Waals surface area (Å²) < 4.78 is 1.10. The number of thioether (sulfide) groups is 1. The number of benzene rings is 1. The fraction of sp³-hybridized carbons (Fsp3) is 0.690. The third kappa shape index (κ3) is 3.57. The molecule has 2 aromatic rings. The zero-order valence-corrected chi connectivity index (χ0v) is 21.9. The van der Waals surface area contributed by atoms with Crippen molar-refractivity contribution in [3.8, 4) is 10.4 Å². The second-order valence-electron chi connectivity index (χ2n) is 12.1. The Hall–Kier alpha value is -0.840. The monoisotopic (exact) mass is 481 g/mol. The van der Waals surface area contributed by atoms with Crippen molar-refractivity contribution in [2.75, 3.05) is 5.75 Å². The average Bonchev–Trinajstić information content (AvgIpc) is 3.41. The van der Waals surface area contributed by atoms with Crippen LogP contribution in [0.3, 0.4) is 0 Å². The van der Waals surface area contributed by atoms with Gasteiger partial charge in [0.15, 0.2) is 0 Å². The fourth-order valence-corrected chi connectivity index (χ4v) is 11.2. The van der Waals surface area contributed by atoms with Gasteiger partial charge in [-0.15, -0.1) is 11.3 Å². The molecular weight excluding hydrogens is 442 g/mol. The summed E-state index contributed by atoms with van der Waals surface area (Å²) in [7, 11) is 0. The van der Waals surface area contributed by atoms with Gasteiger partial charge < -0.3 is 5.11 Å². The molecule has 4 aliphatic rings. The number of rotatable bonds is 4. The molecule has 1 aromatic heterocycles. The molecule has 0 unspecified atom stereocenters. The van der Waals surface area contributed by atoms with Crippen LogP contribution in [-0.2, 0) is 0 Å². The molecule has 7 atom stereocenters. The van der Waals surface area contributed by atoms with Gasteiger partial charge in [0.05, 0.1) is 10.5 Å². The minimum absolute atomic E-state index is 0.0680.